The van der Waals surface area contributed by atoms with Crippen molar-refractivity contribution >= 4 is 0 Å². The van der Waals surface area contributed by atoms with Crippen LogP contribution in [-0.4, -0.2) is 0 Å². The van der Waals surface area contributed by atoms with E-state index in [1.807, 2.05) is 0 Å². The van der Waals surface area contributed by atoms with Gasteiger partial charge in [0.25, 0.3) is 0 Å². The molecule has 0 aromatic rings. The molecule has 0 aliphatic rings. The fourth-order valence-corrected chi connectivity index (χ4v) is 0.621. The highest BCUT2D eigenvalue weighted by Crippen LogP contribution is 2.06. The molecule has 0 heterocycles. The van der Waals surface area contributed by atoms with Gasteiger partial charge in [0.2, 0.25) is 0 Å². The maximum absolute atomic E-state index is 3.24. The van der Waals surface area contributed by atoms with Crippen LogP contribution >= 0.6 is 0 Å². The molecule has 0 aliphatic carbocycles. The van der Waals surface area contributed by atoms with Gasteiger partial charge in [-0.05, 0) is 38.8 Å². The van der Waals surface area contributed by atoms with Crippen LogP contribution in [0.2, 0.25) is 0 Å². The molecule has 0 nitrogen and oxygen atoms in total. The van der Waals surface area contributed by atoms with Crippen LogP contribution in [0.15, 0.2) is 17.2 Å². The van der Waals surface area contributed by atoms with Crippen LogP contribution in [0.25, 0.3) is 0 Å². The normalized spacial score (nSPS) is 14.2. The Morgan fingerprint density at radius 1 is 1.44 bits per heavy atom. The summed E-state index contributed by atoms with van der Waals surface area (Å²) >= 11 is 0. The summed E-state index contributed by atoms with van der Waals surface area (Å²) in [5.41, 5.74) is 2.61. The van der Waals surface area contributed by atoms with Crippen molar-refractivity contribution in [3.8, 4) is 0 Å². The Balaban J connectivity index is 4.03. The average Bonchev–Trinajstić information content (AvgIpc) is 1.87. The summed E-state index contributed by atoms with van der Waals surface area (Å²) in [4.78, 5) is 0. The highest BCUT2D eigenvalue weighted by Gasteiger charge is 1.87. The molecule has 0 saturated heterocycles. The Morgan fingerprint density at radius 2 is 2.00 bits per heavy atom. The van der Waals surface area contributed by atoms with E-state index in [0.29, 0.717) is 0 Å². The second-order valence-electron chi connectivity index (χ2n) is 2.13. The molecular weight excluding hydrogens is 108 g/mol. The average molecular weight is 123 g/mol. The van der Waals surface area contributed by atoms with Gasteiger partial charge in [-0.2, -0.15) is 0 Å². The Hall–Kier alpha value is -0.520. The molecule has 0 aromatic heterocycles. The molecule has 0 heteroatoms. The van der Waals surface area contributed by atoms with Crippen molar-refractivity contribution in [3.05, 3.63) is 23.3 Å². The van der Waals surface area contributed by atoms with Crippen LogP contribution in [-0.2, 0) is 0 Å². The highest BCUT2D eigenvalue weighted by atomic mass is 13.9. The number of hydrogen-bond acceptors (Lipinski definition) is 0. The summed E-state index contributed by atoms with van der Waals surface area (Å²) in [6, 6.07) is 0. The van der Waals surface area contributed by atoms with E-state index < -0.39 is 0 Å². The van der Waals surface area contributed by atoms with E-state index in [4.69, 9.17) is 0 Å². The molecule has 0 aromatic carbocycles. The molecule has 0 N–H and O–H groups in total. The number of rotatable bonds is 2. The van der Waals surface area contributed by atoms with Crippen molar-refractivity contribution in [1.29, 1.82) is 0 Å². The first kappa shape index (κ1) is 8.48. The first-order valence-electron chi connectivity index (χ1n) is 3.43. The van der Waals surface area contributed by atoms with Gasteiger partial charge in [0.05, 0.1) is 0 Å². The van der Waals surface area contributed by atoms with Crippen molar-refractivity contribution in [3.63, 3.8) is 0 Å². The maximum Gasteiger partial charge on any atom is -0.0302 e. The molecule has 0 rings (SSSR count). The van der Waals surface area contributed by atoms with Gasteiger partial charge < -0.3 is 0 Å². The molecule has 0 aliphatic heterocycles. The molecule has 0 atom stereocenters. The third kappa shape index (κ3) is 3.12. The van der Waals surface area contributed by atoms with Crippen LogP contribution in [0.3, 0.4) is 0 Å². The fraction of sp³-hybridized carbons (Fsp3) is 0.556. The lowest BCUT2D eigenvalue weighted by atomic mass is 10.1. The third-order valence-corrected chi connectivity index (χ3v) is 1.47. The van der Waals surface area contributed by atoms with Gasteiger partial charge in [-0.3, -0.25) is 0 Å². The molecule has 0 bridgehead atoms. The van der Waals surface area contributed by atoms with Crippen LogP contribution in [0.4, 0.5) is 0 Å². The largest absolute Gasteiger partial charge is 0.0844 e. The van der Waals surface area contributed by atoms with Crippen molar-refractivity contribution in [2.75, 3.05) is 0 Å². The predicted octanol–water partition coefficient (Wildman–Crippen LogP) is 3.11. The lowest BCUT2D eigenvalue weighted by Gasteiger charge is -1.96. The molecule has 1 radical (unpaired) electrons. The summed E-state index contributed by atoms with van der Waals surface area (Å²) in [7, 11) is 0. The van der Waals surface area contributed by atoms with Crippen molar-refractivity contribution in [2.24, 2.45) is 0 Å². The molecule has 0 amide bonds. The minimum atomic E-state index is 1.01. The predicted molar refractivity (Wildman–Crippen MR) is 42.2 cm³/mol. The van der Waals surface area contributed by atoms with Gasteiger partial charge in [0.15, 0.2) is 0 Å². The molecule has 0 fully saturated rings. The van der Waals surface area contributed by atoms with Gasteiger partial charge in [0.1, 0.15) is 0 Å². The van der Waals surface area contributed by atoms with Gasteiger partial charge in [0, 0.05) is 0 Å². The zero-order valence-electron chi connectivity index (χ0n) is 6.78. The third-order valence-electron chi connectivity index (χ3n) is 1.47. The number of allylic oxidation sites excluding steroid dienone is 4. The SMILES string of the molecule is CC=C(C)/C(C)=[C]/CC. The Labute approximate surface area is 58.3 Å². The topological polar surface area (TPSA) is 0 Å². The van der Waals surface area contributed by atoms with Crippen molar-refractivity contribution in [2.45, 2.75) is 34.1 Å². The highest BCUT2D eigenvalue weighted by molar-refractivity contribution is 5.23. The minimum absolute atomic E-state index is 1.01. The molecule has 9 heavy (non-hydrogen) atoms. The van der Waals surface area contributed by atoms with Crippen molar-refractivity contribution in [1.82, 2.24) is 0 Å². The Bertz CT molecular complexity index is 127. The maximum atomic E-state index is 3.24. The lowest BCUT2D eigenvalue weighted by Crippen LogP contribution is -1.77. The molecule has 0 unspecified atom stereocenters. The second-order valence-corrected chi connectivity index (χ2v) is 2.13. The quantitative estimate of drug-likeness (QED) is 0.495. The monoisotopic (exact) mass is 123 g/mol. The molecule has 51 valence electrons. The van der Waals surface area contributed by atoms with E-state index >= 15 is 0 Å². The molecule has 0 spiro atoms. The smallest absolute Gasteiger partial charge is 0.0302 e. The van der Waals surface area contributed by atoms with Gasteiger partial charge >= 0.3 is 0 Å². The van der Waals surface area contributed by atoms with E-state index in [-0.39, 0.29) is 0 Å². The van der Waals surface area contributed by atoms with E-state index in [1.165, 1.54) is 11.1 Å². The lowest BCUT2D eigenvalue weighted by molar-refractivity contribution is 1.13. The summed E-state index contributed by atoms with van der Waals surface area (Å²) in [5.74, 6) is 0. The standard InChI is InChI=1S/C9H15/c1-5-7-9(4)8(3)6-2/h6H,5H2,1-4H3. The van der Waals surface area contributed by atoms with Gasteiger partial charge in [-0.15, -0.1) is 0 Å². The van der Waals surface area contributed by atoms with Crippen LogP contribution < -0.4 is 0 Å². The molecular formula is C9H15. The first-order chi connectivity index (χ1) is 4.22. The van der Waals surface area contributed by atoms with E-state index in [9.17, 15) is 0 Å². The van der Waals surface area contributed by atoms with Crippen LogP contribution in [0.1, 0.15) is 34.1 Å². The van der Waals surface area contributed by atoms with Crippen molar-refractivity contribution < 1.29 is 0 Å². The van der Waals surface area contributed by atoms with Gasteiger partial charge in [-0.25, -0.2) is 0 Å². The Morgan fingerprint density at radius 3 is 2.33 bits per heavy atom. The zero-order valence-corrected chi connectivity index (χ0v) is 6.78. The molecule has 0 saturated carbocycles. The second kappa shape index (κ2) is 4.37. The Kier molecular flexibility index (Phi) is 4.12. The van der Waals surface area contributed by atoms with Gasteiger partial charge in [-0.1, -0.05) is 18.6 Å². The van der Waals surface area contributed by atoms with Crippen LogP contribution in [0.5, 0.6) is 0 Å². The van der Waals surface area contributed by atoms with Crippen LogP contribution in [0, 0.1) is 6.08 Å². The first-order valence-corrected chi connectivity index (χ1v) is 3.43. The summed E-state index contributed by atoms with van der Waals surface area (Å²) in [5, 5.41) is 0. The van der Waals surface area contributed by atoms with E-state index in [2.05, 4.69) is 39.8 Å². The summed E-state index contributed by atoms with van der Waals surface area (Å²) in [6.45, 7) is 8.36. The number of hydrogen-bond donors (Lipinski definition) is 0. The summed E-state index contributed by atoms with van der Waals surface area (Å²) in [6.07, 6.45) is 6.36. The zero-order chi connectivity index (χ0) is 7.28. The van der Waals surface area contributed by atoms with E-state index in [1.54, 1.807) is 0 Å². The fourth-order valence-electron chi connectivity index (χ4n) is 0.621. The minimum Gasteiger partial charge on any atom is -0.0844 e. The van der Waals surface area contributed by atoms with E-state index in [0.717, 1.165) is 6.42 Å². The summed E-state index contributed by atoms with van der Waals surface area (Å²) < 4.78 is 0.